The summed E-state index contributed by atoms with van der Waals surface area (Å²) in [7, 11) is 2.03. The van der Waals surface area contributed by atoms with Crippen molar-refractivity contribution in [3.05, 3.63) is 71.1 Å². The minimum atomic E-state index is 0.554. The number of hydrogen-bond donors (Lipinski definition) is 1. The summed E-state index contributed by atoms with van der Waals surface area (Å²) in [4.78, 5) is 15.1. The van der Waals surface area contributed by atoms with Gasteiger partial charge in [-0.2, -0.15) is 4.98 Å². The smallest absolute Gasteiger partial charge is 0.229 e. The summed E-state index contributed by atoms with van der Waals surface area (Å²) in [6, 6.07) is 11.7. The van der Waals surface area contributed by atoms with Gasteiger partial charge in [-0.25, -0.2) is 4.98 Å². The first-order valence-corrected chi connectivity index (χ1v) is 8.46. The number of pyridine rings is 1. The average Bonchev–Trinajstić information content (AvgIpc) is 2.64. The summed E-state index contributed by atoms with van der Waals surface area (Å²) in [6.07, 6.45) is 6.32. The number of hydrogen-bond acceptors (Lipinski definition) is 5. The molecular formula is C19H20ClN5. The first kappa shape index (κ1) is 17.2. The van der Waals surface area contributed by atoms with Crippen molar-refractivity contribution in [1.29, 1.82) is 0 Å². The zero-order valence-electron chi connectivity index (χ0n) is 14.3. The van der Waals surface area contributed by atoms with E-state index in [4.69, 9.17) is 11.6 Å². The summed E-state index contributed by atoms with van der Waals surface area (Å²) in [5.41, 5.74) is 3.14. The van der Waals surface area contributed by atoms with E-state index in [0.29, 0.717) is 5.95 Å². The van der Waals surface area contributed by atoms with E-state index < -0.39 is 0 Å². The maximum atomic E-state index is 6.17. The van der Waals surface area contributed by atoms with Crippen LogP contribution in [0.3, 0.4) is 0 Å². The monoisotopic (exact) mass is 353 g/mol. The Kier molecular flexibility index (Phi) is 5.46. The Morgan fingerprint density at radius 3 is 2.68 bits per heavy atom. The highest BCUT2D eigenvalue weighted by molar-refractivity contribution is 6.31. The molecule has 6 heteroatoms. The second-order valence-corrected chi connectivity index (χ2v) is 6.21. The first-order chi connectivity index (χ1) is 12.1. The molecule has 25 heavy (non-hydrogen) atoms. The summed E-state index contributed by atoms with van der Waals surface area (Å²) >= 11 is 6.17. The van der Waals surface area contributed by atoms with E-state index in [1.807, 2.05) is 62.8 Å². The zero-order valence-corrected chi connectivity index (χ0v) is 15.0. The number of rotatable bonds is 6. The van der Waals surface area contributed by atoms with Crippen molar-refractivity contribution in [2.45, 2.75) is 13.3 Å². The van der Waals surface area contributed by atoms with Gasteiger partial charge in [0.1, 0.15) is 5.82 Å². The number of likely N-dealkylation sites (N-methyl/N-ethyl adjacent to an activating group) is 1. The third-order valence-electron chi connectivity index (χ3n) is 4.03. The highest BCUT2D eigenvalue weighted by Gasteiger charge is 2.07. The van der Waals surface area contributed by atoms with Crippen LogP contribution in [0.25, 0.3) is 0 Å². The number of benzene rings is 1. The van der Waals surface area contributed by atoms with Gasteiger partial charge in [-0.05, 0) is 54.8 Å². The van der Waals surface area contributed by atoms with Crippen molar-refractivity contribution in [2.24, 2.45) is 0 Å². The molecule has 0 fully saturated rings. The maximum absolute atomic E-state index is 6.17. The van der Waals surface area contributed by atoms with Gasteiger partial charge in [-0.3, -0.25) is 4.98 Å². The third-order valence-corrected chi connectivity index (χ3v) is 4.44. The van der Waals surface area contributed by atoms with Crippen LogP contribution in [0.1, 0.15) is 11.1 Å². The van der Waals surface area contributed by atoms with E-state index >= 15 is 0 Å². The molecule has 3 aromatic rings. The topological polar surface area (TPSA) is 53.9 Å². The van der Waals surface area contributed by atoms with Crippen LogP contribution < -0.4 is 10.2 Å². The van der Waals surface area contributed by atoms with Crippen LogP contribution in [0.2, 0.25) is 5.02 Å². The van der Waals surface area contributed by atoms with Crippen LogP contribution in [-0.4, -0.2) is 28.5 Å². The van der Waals surface area contributed by atoms with Crippen molar-refractivity contribution < 1.29 is 0 Å². The van der Waals surface area contributed by atoms with Gasteiger partial charge in [0.05, 0.1) is 0 Å². The molecule has 2 aromatic heterocycles. The molecule has 1 N–H and O–H groups in total. The average molecular weight is 354 g/mol. The molecule has 0 bridgehead atoms. The highest BCUT2D eigenvalue weighted by Crippen LogP contribution is 2.25. The predicted molar refractivity (Wildman–Crippen MR) is 103 cm³/mol. The Bertz CT molecular complexity index is 838. The molecule has 128 valence electrons. The molecule has 0 radical (unpaired) electrons. The Labute approximate surface area is 152 Å². The van der Waals surface area contributed by atoms with Gasteiger partial charge in [0.15, 0.2) is 0 Å². The van der Waals surface area contributed by atoms with Gasteiger partial charge in [0, 0.05) is 42.9 Å². The predicted octanol–water partition coefficient (Wildman–Crippen LogP) is 4.26. The molecule has 3 rings (SSSR count). The summed E-state index contributed by atoms with van der Waals surface area (Å²) in [5, 5.41) is 3.96. The Morgan fingerprint density at radius 2 is 1.88 bits per heavy atom. The van der Waals surface area contributed by atoms with E-state index in [9.17, 15) is 0 Å². The quantitative estimate of drug-likeness (QED) is 0.717. The molecule has 1 aromatic carbocycles. The molecule has 2 heterocycles. The maximum Gasteiger partial charge on any atom is 0.229 e. The second kappa shape index (κ2) is 7.94. The molecule has 0 aliphatic carbocycles. The van der Waals surface area contributed by atoms with Crippen molar-refractivity contribution in [2.75, 3.05) is 23.8 Å². The Hall–Kier alpha value is -2.66. The van der Waals surface area contributed by atoms with Gasteiger partial charge >= 0.3 is 0 Å². The Morgan fingerprint density at radius 1 is 1.08 bits per heavy atom. The SMILES string of the molecule is Cc1c(Cl)cccc1Nc1nccc(N(C)CCc2ccncc2)n1. The minimum absolute atomic E-state index is 0.554. The lowest BCUT2D eigenvalue weighted by Gasteiger charge is -2.19. The van der Waals surface area contributed by atoms with Crippen LogP contribution >= 0.6 is 11.6 Å². The molecule has 0 unspecified atom stereocenters. The fraction of sp³-hybridized carbons (Fsp3) is 0.211. The lowest BCUT2D eigenvalue weighted by atomic mass is 10.2. The lowest BCUT2D eigenvalue weighted by molar-refractivity contribution is 0.855. The van der Waals surface area contributed by atoms with Crippen LogP contribution in [0, 0.1) is 6.92 Å². The summed E-state index contributed by atoms with van der Waals surface area (Å²) in [5.74, 6) is 1.42. The largest absolute Gasteiger partial charge is 0.359 e. The van der Waals surface area contributed by atoms with Crippen molar-refractivity contribution >= 4 is 29.1 Å². The van der Waals surface area contributed by atoms with E-state index in [0.717, 1.165) is 35.1 Å². The van der Waals surface area contributed by atoms with Gasteiger partial charge in [-0.1, -0.05) is 17.7 Å². The molecular weight excluding hydrogens is 334 g/mol. The van der Waals surface area contributed by atoms with Crippen molar-refractivity contribution in [3.63, 3.8) is 0 Å². The number of nitrogens with zero attached hydrogens (tertiary/aromatic N) is 4. The molecule has 0 spiro atoms. The molecule has 0 atom stereocenters. The summed E-state index contributed by atoms with van der Waals surface area (Å²) in [6.45, 7) is 2.83. The molecule has 0 saturated carbocycles. The first-order valence-electron chi connectivity index (χ1n) is 8.09. The van der Waals surface area contributed by atoms with Crippen LogP contribution in [0.5, 0.6) is 0 Å². The van der Waals surface area contributed by atoms with E-state index in [1.54, 1.807) is 6.20 Å². The van der Waals surface area contributed by atoms with E-state index in [1.165, 1.54) is 5.56 Å². The minimum Gasteiger partial charge on any atom is -0.359 e. The van der Waals surface area contributed by atoms with Crippen molar-refractivity contribution in [1.82, 2.24) is 15.0 Å². The van der Waals surface area contributed by atoms with E-state index in [2.05, 4.69) is 25.2 Å². The fourth-order valence-corrected chi connectivity index (χ4v) is 2.62. The third kappa shape index (κ3) is 4.45. The van der Waals surface area contributed by atoms with Crippen LogP contribution in [0.15, 0.2) is 55.0 Å². The Balaban J connectivity index is 1.69. The summed E-state index contributed by atoms with van der Waals surface area (Å²) < 4.78 is 0. The number of anilines is 3. The zero-order chi connectivity index (χ0) is 17.6. The van der Waals surface area contributed by atoms with Gasteiger partial charge in [0.2, 0.25) is 5.95 Å². The van der Waals surface area contributed by atoms with Gasteiger partial charge < -0.3 is 10.2 Å². The van der Waals surface area contributed by atoms with Gasteiger partial charge in [0.25, 0.3) is 0 Å². The van der Waals surface area contributed by atoms with Crippen molar-refractivity contribution in [3.8, 4) is 0 Å². The van der Waals surface area contributed by atoms with Crippen LogP contribution in [0.4, 0.5) is 17.5 Å². The molecule has 0 saturated heterocycles. The number of aromatic nitrogens is 3. The lowest BCUT2D eigenvalue weighted by Crippen LogP contribution is -2.21. The fourth-order valence-electron chi connectivity index (χ4n) is 2.45. The molecule has 0 aliphatic heterocycles. The normalized spacial score (nSPS) is 10.5. The number of halogens is 1. The van der Waals surface area contributed by atoms with Gasteiger partial charge in [-0.15, -0.1) is 0 Å². The standard InChI is InChI=1S/C19H20ClN5/c1-14-16(20)4-3-5-17(14)23-19-22-12-8-18(24-19)25(2)13-9-15-6-10-21-11-7-15/h3-8,10-12H,9,13H2,1-2H3,(H,22,23,24). The van der Waals surface area contributed by atoms with Crippen LogP contribution in [-0.2, 0) is 6.42 Å². The number of nitrogens with one attached hydrogen (secondary N) is 1. The molecule has 5 nitrogen and oxygen atoms in total. The second-order valence-electron chi connectivity index (χ2n) is 5.80. The highest BCUT2D eigenvalue weighted by atomic mass is 35.5. The molecule has 0 amide bonds. The van der Waals surface area contributed by atoms with E-state index in [-0.39, 0.29) is 0 Å². The molecule has 0 aliphatic rings.